The number of piperidine rings is 2. The van der Waals surface area contributed by atoms with Crippen molar-refractivity contribution in [1.82, 2.24) is 14.1 Å². The third kappa shape index (κ3) is 7.06. The normalized spacial score (nSPS) is 18.9. The smallest absolute Gasteiger partial charge is 0.242 e. The van der Waals surface area contributed by atoms with Crippen LogP contribution in [0.3, 0.4) is 0 Å². The second-order valence-electron chi connectivity index (χ2n) is 9.61. The first-order valence-corrected chi connectivity index (χ1v) is 14.0. The number of likely N-dealkylation sites (N-methyl/N-ethyl adjacent to an activating group) is 1. The number of halogens is 1. The highest BCUT2D eigenvalue weighted by Gasteiger charge is 2.30. The molecule has 2 aromatic rings. The molecule has 35 heavy (non-hydrogen) atoms. The molecule has 0 aromatic heterocycles. The van der Waals surface area contributed by atoms with Crippen molar-refractivity contribution in [3.05, 3.63) is 66.2 Å². The van der Waals surface area contributed by atoms with Gasteiger partial charge in [0.1, 0.15) is 0 Å². The van der Waals surface area contributed by atoms with Gasteiger partial charge in [0.2, 0.25) is 15.9 Å². The van der Waals surface area contributed by atoms with Gasteiger partial charge in [0.15, 0.2) is 0 Å². The van der Waals surface area contributed by atoms with Gasteiger partial charge in [-0.25, -0.2) is 12.7 Å². The van der Waals surface area contributed by atoms with Crippen molar-refractivity contribution in [2.45, 2.75) is 55.4 Å². The fourth-order valence-corrected chi connectivity index (χ4v) is 6.51. The number of nitrogens with zero attached hydrogens (tertiary/aromatic N) is 3. The van der Waals surface area contributed by atoms with Crippen LogP contribution in [0.2, 0.25) is 0 Å². The van der Waals surface area contributed by atoms with E-state index in [-0.39, 0.29) is 18.3 Å². The molecule has 2 aromatic carbocycles. The number of likely N-dealkylation sites (tertiary alicyclic amines) is 2. The maximum Gasteiger partial charge on any atom is 0.242 e. The first kappa shape index (κ1) is 27.7. The van der Waals surface area contributed by atoms with Gasteiger partial charge in [0.25, 0.3) is 0 Å². The molecule has 0 radical (unpaired) electrons. The summed E-state index contributed by atoms with van der Waals surface area (Å²) in [6, 6.07) is 19.3. The topological polar surface area (TPSA) is 60.9 Å². The second-order valence-corrected chi connectivity index (χ2v) is 11.7. The molecule has 4 rings (SSSR count). The van der Waals surface area contributed by atoms with E-state index in [1.807, 2.05) is 24.3 Å². The quantitative estimate of drug-likeness (QED) is 0.493. The minimum Gasteiger partial charge on any atom is -0.340 e. The zero-order chi connectivity index (χ0) is 24.0. The van der Waals surface area contributed by atoms with Gasteiger partial charge in [-0.15, -0.1) is 12.4 Å². The number of hydrogen-bond donors (Lipinski definition) is 0. The predicted octanol–water partition coefficient (Wildman–Crippen LogP) is 4.38. The van der Waals surface area contributed by atoms with Crippen LogP contribution in [0.15, 0.2) is 65.6 Å². The molecule has 0 N–H and O–H groups in total. The predicted molar refractivity (Wildman–Crippen MR) is 142 cm³/mol. The Morgan fingerprint density at radius 1 is 0.943 bits per heavy atom. The summed E-state index contributed by atoms with van der Waals surface area (Å²) >= 11 is 0. The summed E-state index contributed by atoms with van der Waals surface area (Å²) in [6.45, 7) is 4.28. The van der Waals surface area contributed by atoms with Gasteiger partial charge in [-0.2, -0.15) is 0 Å². The molecule has 1 unspecified atom stereocenters. The van der Waals surface area contributed by atoms with Crippen LogP contribution in [0.25, 0.3) is 0 Å². The number of amides is 1. The number of carbonyl (C=O) groups excluding carboxylic acids is 1. The SMILES string of the molecule is CN(CC(CCN1CCC(N2CCCCC2=O)CC1)c1ccccc1)S(=O)(=O)c1ccccc1.Cl. The van der Waals surface area contributed by atoms with Gasteiger partial charge in [-0.3, -0.25) is 4.79 Å². The van der Waals surface area contributed by atoms with Gasteiger partial charge in [0.05, 0.1) is 4.90 Å². The zero-order valence-electron chi connectivity index (χ0n) is 20.6. The van der Waals surface area contributed by atoms with Gasteiger partial charge < -0.3 is 9.80 Å². The minimum atomic E-state index is -3.53. The van der Waals surface area contributed by atoms with Gasteiger partial charge in [-0.1, -0.05) is 48.5 Å². The summed E-state index contributed by atoms with van der Waals surface area (Å²) < 4.78 is 27.7. The van der Waals surface area contributed by atoms with E-state index in [0.29, 0.717) is 29.8 Å². The van der Waals surface area contributed by atoms with E-state index in [9.17, 15) is 13.2 Å². The van der Waals surface area contributed by atoms with Crippen LogP contribution in [0.4, 0.5) is 0 Å². The van der Waals surface area contributed by atoms with E-state index in [0.717, 1.165) is 58.3 Å². The van der Waals surface area contributed by atoms with E-state index in [2.05, 4.69) is 21.9 Å². The first-order valence-electron chi connectivity index (χ1n) is 12.5. The molecule has 2 aliphatic rings. The van der Waals surface area contributed by atoms with E-state index in [4.69, 9.17) is 0 Å². The Labute approximate surface area is 216 Å². The molecule has 2 heterocycles. The highest BCUT2D eigenvalue weighted by molar-refractivity contribution is 7.89. The molecule has 2 fully saturated rings. The molecule has 2 saturated heterocycles. The molecule has 1 atom stereocenters. The molecule has 1 amide bonds. The van der Waals surface area contributed by atoms with Crippen molar-refractivity contribution < 1.29 is 13.2 Å². The molecular formula is C27H38ClN3O3S. The van der Waals surface area contributed by atoms with Crippen LogP contribution in [-0.4, -0.2) is 74.2 Å². The molecule has 6 nitrogen and oxygen atoms in total. The molecule has 0 saturated carbocycles. The Bertz CT molecular complexity index is 1030. The van der Waals surface area contributed by atoms with Crippen LogP contribution < -0.4 is 0 Å². The third-order valence-electron chi connectivity index (χ3n) is 7.35. The van der Waals surface area contributed by atoms with Crippen LogP contribution in [0, 0.1) is 0 Å². The summed E-state index contributed by atoms with van der Waals surface area (Å²) in [5, 5.41) is 0. The maximum absolute atomic E-state index is 13.1. The van der Waals surface area contributed by atoms with Crippen LogP contribution in [0.1, 0.15) is 50.0 Å². The molecule has 0 spiro atoms. The zero-order valence-corrected chi connectivity index (χ0v) is 22.2. The van der Waals surface area contributed by atoms with Crippen molar-refractivity contribution in [3.63, 3.8) is 0 Å². The van der Waals surface area contributed by atoms with Gasteiger partial charge in [-0.05, 0) is 62.3 Å². The molecule has 192 valence electrons. The van der Waals surface area contributed by atoms with E-state index < -0.39 is 10.0 Å². The van der Waals surface area contributed by atoms with Crippen molar-refractivity contribution in [3.8, 4) is 0 Å². The Balaban J connectivity index is 0.00000342. The largest absolute Gasteiger partial charge is 0.340 e. The van der Waals surface area contributed by atoms with Crippen LogP contribution in [-0.2, 0) is 14.8 Å². The van der Waals surface area contributed by atoms with Crippen LogP contribution in [0.5, 0.6) is 0 Å². The standard InChI is InChI=1S/C27H37N3O3S.ClH/c1-28(34(32,33)26-12-6-3-7-13-26)22-24(23-10-4-2-5-11-23)15-19-29-20-16-25(17-21-29)30-18-9-8-14-27(30)31;/h2-7,10-13,24-25H,8-9,14-22H2,1H3;1H. The summed E-state index contributed by atoms with van der Waals surface area (Å²) in [7, 11) is -1.85. The Kier molecular flexibility index (Phi) is 10.2. The molecular weight excluding hydrogens is 482 g/mol. The number of hydrogen-bond acceptors (Lipinski definition) is 4. The summed E-state index contributed by atoms with van der Waals surface area (Å²) in [6.07, 6.45) is 5.83. The number of sulfonamides is 1. The molecule has 8 heteroatoms. The fraction of sp³-hybridized carbons (Fsp3) is 0.519. The van der Waals surface area contributed by atoms with Gasteiger partial charge in [0, 0.05) is 45.7 Å². The van der Waals surface area contributed by atoms with Crippen molar-refractivity contribution in [2.75, 3.05) is 39.8 Å². The van der Waals surface area contributed by atoms with Crippen molar-refractivity contribution in [1.29, 1.82) is 0 Å². The lowest BCUT2D eigenvalue weighted by Gasteiger charge is -2.40. The first-order chi connectivity index (χ1) is 16.4. The Morgan fingerprint density at radius 3 is 2.20 bits per heavy atom. The summed E-state index contributed by atoms with van der Waals surface area (Å²) in [5.41, 5.74) is 1.17. The molecule has 0 bridgehead atoms. The number of benzene rings is 2. The maximum atomic E-state index is 13.1. The van der Waals surface area contributed by atoms with E-state index in [1.54, 1.807) is 31.3 Å². The Hall–Kier alpha value is -1.93. The molecule has 2 aliphatic heterocycles. The summed E-state index contributed by atoms with van der Waals surface area (Å²) in [5.74, 6) is 0.447. The Morgan fingerprint density at radius 2 is 1.57 bits per heavy atom. The lowest BCUT2D eigenvalue weighted by Crippen LogP contribution is -2.49. The monoisotopic (exact) mass is 519 g/mol. The lowest BCUT2D eigenvalue weighted by atomic mass is 9.94. The molecule has 0 aliphatic carbocycles. The third-order valence-corrected chi connectivity index (χ3v) is 9.19. The average molecular weight is 520 g/mol. The van der Waals surface area contributed by atoms with E-state index in [1.165, 1.54) is 9.87 Å². The summed E-state index contributed by atoms with van der Waals surface area (Å²) in [4.78, 5) is 17.2. The number of carbonyl (C=O) groups is 1. The van der Waals surface area contributed by atoms with Crippen molar-refractivity contribution >= 4 is 28.3 Å². The number of rotatable bonds is 9. The highest BCUT2D eigenvalue weighted by atomic mass is 35.5. The fourth-order valence-electron chi connectivity index (χ4n) is 5.28. The van der Waals surface area contributed by atoms with Crippen molar-refractivity contribution in [2.24, 2.45) is 0 Å². The minimum absolute atomic E-state index is 0. The highest BCUT2D eigenvalue weighted by Crippen LogP contribution is 2.26. The van der Waals surface area contributed by atoms with Gasteiger partial charge >= 0.3 is 0 Å². The average Bonchev–Trinajstić information content (AvgIpc) is 2.88. The van der Waals surface area contributed by atoms with E-state index >= 15 is 0 Å². The lowest BCUT2D eigenvalue weighted by molar-refractivity contribution is -0.136. The second kappa shape index (κ2) is 12.9. The van der Waals surface area contributed by atoms with Crippen LogP contribution >= 0.6 is 12.4 Å².